The second kappa shape index (κ2) is 6.70. The maximum Gasteiger partial charge on any atom is 0.255 e. The summed E-state index contributed by atoms with van der Waals surface area (Å²) in [5, 5.41) is 3.65. The average Bonchev–Trinajstić information content (AvgIpc) is 2.48. The van der Waals surface area contributed by atoms with E-state index in [9.17, 15) is 4.79 Å². The van der Waals surface area contributed by atoms with Crippen LogP contribution < -0.4 is 14.8 Å². The van der Waals surface area contributed by atoms with E-state index in [4.69, 9.17) is 32.7 Å². The molecule has 2 aromatic rings. The zero-order valence-electron chi connectivity index (χ0n) is 11.4. The Morgan fingerprint density at radius 1 is 1.05 bits per heavy atom. The summed E-state index contributed by atoms with van der Waals surface area (Å²) in [6, 6.07) is 9.90. The van der Waals surface area contributed by atoms with E-state index in [0.29, 0.717) is 32.8 Å². The summed E-state index contributed by atoms with van der Waals surface area (Å²) in [7, 11) is 2.96. The maximum absolute atomic E-state index is 12.2. The highest BCUT2D eigenvalue weighted by atomic mass is 35.5. The van der Waals surface area contributed by atoms with Gasteiger partial charge in [-0.2, -0.15) is 0 Å². The Morgan fingerprint density at radius 2 is 1.71 bits per heavy atom. The number of hydrogen-bond acceptors (Lipinski definition) is 3. The highest BCUT2D eigenvalue weighted by molar-refractivity contribution is 6.33. The van der Waals surface area contributed by atoms with Crippen molar-refractivity contribution < 1.29 is 14.3 Å². The Labute approximate surface area is 132 Å². The summed E-state index contributed by atoms with van der Waals surface area (Å²) in [4.78, 5) is 12.2. The molecular formula is C15H13Cl2NO3. The largest absolute Gasteiger partial charge is 0.493 e. The number of nitrogens with one attached hydrogen (secondary N) is 1. The van der Waals surface area contributed by atoms with Crippen molar-refractivity contribution in [2.75, 3.05) is 19.5 Å². The van der Waals surface area contributed by atoms with Crippen molar-refractivity contribution in [3.8, 4) is 11.5 Å². The van der Waals surface area contributed by atoms with Crippen molar-refractivity contribution in [2.45, 2.75) is 0 Å². The second-order valence-corrected chi connectivity index (χ2v) is 5.00. The molecule has 2 aromatic carbocycles. The van der Waals surface area contributed by atoms with Crippen LogP contribution in [0.25, 0.3) is 0 Å². The van der Waals surface area contributed by atoms with Gasteiger partial charge in [-0.3, -0.25) is 4.79 Å². The maximum atomic E-state index is 12.2. The zero-order chi connectivity index (χ0) is 15.4. The Hall–Kier alpha value is -1.91. The Kier molecular flexibility index (Phi) is 4.94. The van der Waals surface area contributed by atoms with Crippen molar-refractivity contribution in [1.29, 1.82) is 0 Å². The standard InChI is InChI=1S/C15H13Cl2NO3/c1-20-13-8-9(7-12(17)14(13)21-2)15(19)18-11-5-3-10(16)4-6-11/h3-8H,1-2H3,(H,18,19). The first kappa shape index (κ1) is 15.5. The first-order valence-corrected chi connectivity index (χ1v) is 6.79. The predicted molar refractivity (Wildman–Crippen MR) is 84.0 cm³/mol. The molecule has 21 heavy (non-hydrogen) atoms. The first-order chi connectivity index (χ1) is 10.0. The van der Waals surface area contributed by atoms with Gasteiger partial charge in [-0.25, -0.2) is 0 Å². The van der Waals surface area contributed by atoms with E-state index >= 15 is 0 Å². The van der Waals surface area contributed by atoms with Crippen molar-refractivity contribution >= 4 is 34.8 Å². The minimum Gasteiger partial charge on any atom is -0.493 e. The molecule has 0 aliphatic carbocycles. The van der Waals surface area contributed by atoms with Gasteiger partial charge in [0.2, 0.25) is 0 Å². The van der Waals surface area contributed by atoms with Crippen LogP contribution >= 0.6 is 23.2 Å². The van der Waals surface area contributed by atoms with Gasteiger partial charge in [-0.1, -0.05) is 23.2 Å². The molecule has 110 valence electrons. The van der Waals surface area contributed by atoms with Crippen LogP contribution in [-0.2, 0) is 0 Å². The van der Waals surface area contributed by atoms with Crippen LogP contribution in [-0.4, -0.2) is 20.1 Å². The fraction of sp³-hybridized carbons (Fsp3) is 0.133. The van der Waals surface area contributed by atoms with Crippen LogP contribution in [0.3, 0.4) is 0 Å². The average molecular weight is 326 g/mol. The monoisotopic (exact) mass is 325 g/mol. The molecule has 0 saturated carbocycles. The first-order valence-electron chi connectivity index (χ1n) is 6.03. The molecule has 4 nitrogen and oxygen atoms in total. The van der Waals surface area contributed by atoms with Gasteiger partial charge >= 0.3 is 0 Å². The number of carbonyl (C=O) groups is 1. The Bertz CT molecular complexity index is 657. The molecule has 0 aliphatic rings. The molecule has 0 spiro atoms. The predicted octanol–water partition coefficient (Wildman–Crippen LogP) is 4.26. The highest BCUT2D eigenvalue weighted by Crippen LogP contribution is 2.36. The SMILES string of the molecule is COc1cc(C(=O)Nc2ccc(Cl)cc2)cc(Cl)c1OC. The lowest BCUT2D eigenvalue weighted by Crippen LogP contribution is -2.12. The van der Waals surface area contributed by atoms with Gasteiger partial charge in [-0.15, -0.1) is 0 Å². The molecule has 1 N–H and O–H groups in total. The summed E-state index contributed by atoms with van der Waals surface area (Å²) in [5.41, 5.74) is 1.00. The summed E-state index contributed by atoms with van der Waals surface area (Å²) in [6.07, 6.45) is 0. The van der Waals surface area contributed by atoms with E-state index in [1.54, 1.807) is 30.3 Å². The fourth-order valence-electron chi connectivity index (χ4n) is 1.79. The lowest BCUT2D eigenvalue weighted by Gasteiger charge is -2.12. The molecule has 0 aromatic heterocycles. The molecular weight excluding hydrogens is 313 g/mol. The number of amides is 1. The third-order valence-corrected chi connectivity index (χ3v) is 3.33. The zero-order valence-corrected chi connectivity index (χ0v) is 13.0. The third-order valence-electron chi connectivity index (χ3n) is 2.80. The van der Waals surface area contributed by atoms with Crippen molar-refractivity contribution in [2.24, 2.45) is 0 Å². The van der Waals surface area contributed by atoms with Crippen LogP contribution in [0, 0.1) is 0 Å². The van der Waals surface area contributed by atoms with Crippen LogP contribution in [0.15, 0.2) is 36.4 Å². The van der Waals surface area contributed by atoms with Gasteiger partial charge in [0.1, 0.15) is 0 Å². The van der Waals surface area contributed by atoms with Crippen LogP contribution in [0.4, 0.5) is 5.69 Å². The van der Waals surface area contributed by atoms with E-state index in [0.717, 1.165) is 0 Å². The lowest BCUT2D eigenvalue weighted by atomic mass is 10.1. The van der Waals surface area contributed by atoms with E-state index in [1.165, 1.54) is 20.3 Å². The normalized spacial score (nSPS) is 10.1. The van der Waals surface area contributed by atoms with Crippen molar-refractivity contribution in [1.82, 2.24) is 0 Å². The molecule has 0 heterocycles. The van der Waals surface area contributed by atoms with E-state index in [1.807, 2.05) is 0 Å². The topological polar surface area (TPSA) is 47.6 Å². The van der Waals surface area contributed by atoms with Crippen LogP contribution in [0.1, 0.15) is 10.4 Å². The van der Waals surface area contributed by atoms with Crippen LogP contribution in [0.2, 0.25) is 10.0 Å². The molecule has 0 atom stereocenters. The molecule has 0 radical (unpaired) electrons. The van der Waals surface area contributed by atoms with Gasteiger partial charge in [0.25, 0.3) is 5.91 Å². The smallest absolute Gasteiger partial charge is 0.255 e. The number of halogens is 2. The number of ether oxygens (including phenoxy) is 2. The second-order valence-electron chi connectivity index (χ2n) is 4.15. The minimum absolute atomic E-state index is 0.304. The highest BCUT2D eigenvalue weighted by Gasteiger charge is 2.15. The molecule has 6 heteroatoms. The quantitative estimate of drug-likeness (QED) is 0.913. The summed E-state index contributed by atoms with van der Waals surface area (Å²) >= 11 is 11.9. The summed E-state index contributed by atoms with van der Waals surface area (Å²) in [6.45, 7) is 0. The molecule has 0 fully saturated rings. The number of methoxy groups -OCH3 is 2. The van der Waals surface area contributed by atoms with Gasteiger partial charge in [0, 0.05) is 16.3 Å². The fourth-order valence-corrected chi connectivity index (χ4v) is 2.20. The number of carbonyl (C=O) groups excluding carboxylic acids is 1. The Balaban J connectivity index is 2.27. The molecule has 0 aliphatic heterocycles. The van der Waals surface area contributed by atoms with Gasteiger partial charge in [0.05, 0.1) is 19.2 Å². The van der Waals surface area contributed by atoms with E-state index in [-0.39, 0.29) is 5.91 Å². The molecule has 0 unspecified atom stereocenters. The minimum atomic E-state index is -0.305. The van der Waals surface area contributed by atoms with Crippen molar-refractivity contribution in [3.05, 3.63) is 52.0 Å². The van der Waals surface area contributed by atoms with Crippen molar-refractivity contribution in [3.63, 3.8) is 0 Å². The summed E-state index contributed by atoms with van der Waals surface area (Å²) in [5.74, 6) is 0.480. The number of rotatable bonds is 4. The molecule has 2 rings (SSSR count). The summed E-state index contributed by atoms with van der Waals surface area (Å²) < 4.78 is 10.3. The van der Waals surface area contributed by atoms with Gasteiger partial charge in [0.15, 0.2) is 11.5 Å². The Morgan fingerprint density at radius 3 is 2.29 bits per heavy atom. The number of hydrogen-bond donors (Lipinski definition) is 1. The van der Waals surface area contributed by atoms with Gasteiger partial charge in [-0.05, 0) is 36.4 Å². The molecule has 0 saturated heterocycles. The number of benzene rings is 2. The molecule has 1 amide bonds. The van der Waals surface area contributed by atoms with Crippen LogP contribution in [0.5, 0.6) is 11.5 Å². The van der Waals surface area contributed by atoms with E-state index in [2.05, 4.69) is 5.32 Å². The van der Waals surface area contributed by atoms with Gasteiger partial charge < -0.3 is 14.8 Å². The molecule has 0 bridgehead atoms. The van der Waals surface area contributed by atoms with E-state index < -0.39 is 0 Å². The third kappa shape index (κ3) is 3.60. The lowest BCUT2D eigenvalue weighted by molar-refractivity contribution is 0.102. The number of anilines is 1.